The molecule has 1 N–H and O–H groups in total. The van der Waals surface area contributed by atoms with Crippen LogP contribution in [0.15, 0.2) is 18.2 Å². The molecule has 0 saturated carbocycles. The number of phenols is 1. The quantitative estimate of drug-likeness (QED) is 0.672. The molecule has 0 amide bonds. The Balaban J connectivity index is 2.79. The summed E-state index contributed by atoms with van der Waals surface area (Å²) < 4.78 is 15.5. The van der Waals surface area contributed by atoms with Gasteiger partial charge < -0.3 is 19.3 Å². The van der Waals surface area contributed by atoms with E-state index in [9.17, 15) is 5.11 Å². The molecule has 0 aliphatic heterocycles. The molecule has 1 rings (SSSR count). The van der Waals surface area contributed by atoms with Gasteiger partial charge in [0.1, 0.15) is 0 Å². The Morgan fingerprint density at radius 2 is 1.81 bits per heavy atom. The van der Waals surface area contributed by atoms with Crippen LogP contribution in [0.25, 0.3) is 0 Å². The fourth-order valence-corrected chi connectivity index (χ4v) is 2.28. The summed E-state index contributed by atoms with van der Waals surface area (Å²) in [5.74, 6) is 0.666. The second-order valence-electron chi connectivity index (χ2n) is 4.98. The van der Waals surface area contributed by atoms with Crippen LogP contribution in [-0.4, -0.2) is 57.6 Å². The average molecular weight is 297 g/mol. The number of hydrogen-bond donors (Lipinski definition) is 1. The molecule has 0 bridgehead atoms. The van der Waals surface area contributed by atoms with Crippen molar-refractivity contribution in [1.82, 2.24) is 4.90 Å². The third-order valence-electron chi connectivity index (χ3n) is 3.61. The number of aromatic hydroxyl groups is 1. The highest BCUT2D eigenvalue weighted by Gasteiger charge is 2.17. The SMILES string of the molecule is COCCCN(CCOC)C(C)c1ccc(O)c(OC)c1. The van der Waals surface area contributed by atoms with E-state index >= 15 is 0 Å². The predicted molar refractivity (Wildman–Crippen MR) is 83.0 cm³/mol. The first kappa shape index (κ1) is 17.8. The van der Waals surface area contributed by atoms with Crippen LogP contribution in [0, 0.1) is 0 Å². The monoisotopic (exact) mass is 297 g/mol. The Bertz CT molecular complexity index is 411. The largest absolute Gasteiger partial charge is 0.504 e. The molecule has 0 saturated heterocycles. The molecule has 21 heavy (non-hydrogen) atoms. The minimum absolute atomic E-state index is 0.163. The maximum atomic E-state index is 9.69. The molecular formula is C16H27NO4. The highest BCUT2D eigenvalue weighted by atomic mass is 16.5. The van der Waals surface area contributed by atoms with Crippen LogP contribution in [0.2, 0.25) is 0 Å². The third kappa shape index (κ3) is 5.53. The van der Waals surface area contributed by atoms with Gasteiger partial charge in [0.05, 0.1) is 13.7 Å². The van der Waals surface area contributed by atoms with E-state index in [-0.39, 0.29) is 11.8 Å². The van der Waals surface area contributed by atoms with E-state index < -0.39 is 0 Å². The third-order valence-corrected chi connectivity index (χ3v) is 3.61. The van der Waals surface area contributed by atoms with Crippen LogP contribution < -0.4 is 4.74 Å². The molecule has 0 spiro atoms. The van der Waals surface area contributed by atoms with Gasteiger partial charge in [0.2, 0.25) is 0 Å². The molecule has 1 atom stereocenters. The molecule has 5 nitrogen and oxygen atoms in total. The zero-order valence-electron chi connectivity index (χ0n) is 13.5. The molecule has 0 aliphatic carbocycles. The van der Waals surface area contributed by atoms with E-state index in [4.69, 9.17) is 14.2 Å². The maximum Gasteiger partial charge on any atom is 0.160 e. The second-order valence-corrected chi connectivity index (χ2v) is 4.98. The Kier molecular flexibility index (Phi) is 8.12. The number of rotatable bonds is 10. The molecule has 1 aromatic carbocycles. The molecule has 0 heterocycles. The molecule has 0 fully saturated rings. The van der Waals surface area contributed by atoms with Gasteiger partial charge in [-0.25, -0.2) is 0 Å². The zero-order valence-corrected chi connectivity index (χ0v) is 13.5. The predicted octanol–water partition coefficient (Wildman–Crippen LogP) is 2.45. The number of phenolic OH excluding ortho intramolecular Hbond substituents is 1. The fourth-order valence-electron chi connectivity index (χ4n) is 2.28. The van der Waals surface area contributed by atoms with Gasteiger partial charge in [-0.1, -0.05) is 6.07 Å². The lowest BCUT2D eigenvalue weighted by molar-refractivity contribution is 0.111. The smallest absolute Gasteiger partial charge is 0.160 e. The highest BCUT2D eigenvalue weighted by molar-refractivity contribution is 5.42. The van der Waals surface area contributed by atoms with Crippen LogP contribution in [-0.2, 0) is 9.47 Å². The van der Waals surface area contributed by atoms with Crippen molar-refractivity contribution in [2.75, 3.05) is 47.6 Å². The van der Waals surface area contributed by atoms with Crippen molar-refractivity contribution in [2.24, 2.45) is 0 Å². The van der Waals surface area contributed by atoms with E-state index in [1.807, 2.05) is 12.1 Å². The van der Waals surface area contributed by atoms with Crippen molar-refractivity contribution in [2.45, 2.75) is 19.4 Å². The van der Waals surface area contributed by atoms with E-state index in [2.05, 4.69) is 11.8 Å². The molecule has 0 radical (unpaired) electrons. The minimum Gasteiger partial charge on any atom is -0.504 e. The van der Waals surface area contributed by atoms with Crippen molar-refractivity contribution in [3.8, 4) is 11.5 Å². The van der Waals surface area contributed by atoms with E-state index in [1.165, 1.54) is 0 Å². The topological polar surface area (TPSA) is 51.2 Å². The van der Waals surface area contributed by atoms with E-state index in [0.717, 1.165) is 31.7 Å². The lowest BCUT2D eigenvalue weighted by atomic mass is 10.1. The normalized spacial score (nSPS) is 12.6. The van der Waals surface area contributed by atoms with Crippen molar-refractivity contribution in [3.05, 3.63) is 23.8 Å². The van der Waals surface area contributed by atoms with Gasteiger partial charge in [0, 0.05) is 40.0 Å². The molecule has 120 valence electrons. The van der Waals surface area contributed by atoms with Gasteiger partial charge in [-0.3, -0.25) is 4.90 Å². The first-order valence-corrected chi connectivity index (χ1v) is 7.22. The average Bonchev–Trinajstić information content (AvgIpc) is 2.50. The lowest BCUT2D eigenvalue weighted by Gasteiger charge is -2.29. The van der Waals surface area contributed by atoms with Crippen molar-refractivity contribution < 1.29 is 19.3 Å². The second kappa shape index (κ2) is 9.60. The van der Waals surface area contributed by atoms with E-state index in [1.54, 1.807) is 27.4 Å². The number of ether oxygens (including phenoxy) is 3. The summed E-state index contributed by atoms with van der Waals surface area (Å²) in [7, 11) is 4.99. The standard InChI is InChI=1S/C16H27NO4/c1-13(14-6-7-15(18)16(12-14)21-4)17(9-11-20-3)8-5-10-19-2/h6-7,12-13,18H,5,8-11H2,1-4H3. The first-order valence-electron chi connectivity index (χ1n) is 7.22. The van der Waals surface area contributed by atoms with Gasteiger partial charge in [-0.2, -0.15) is 0 Å². The molecule has 0 aliphatic rings. The van der Waals surface area contributed by atoms with Gasteiger partial charge >= 0.3 is 0 Å². The van der Waals surface area contributed by atoms with Crippen molar-refractivity contribution in [3.63, 3.8) is 0 Å². The summed E-state index contributed by atoms with van der Waals surface area (Å²) in [5.41, 5.74) is 1.11. The number of methoxy groups -OCH3 is 3. The number of hydrogen-bond acceptors (Lipinski definition) is 5. The summed E-state index contributed by atoms with van der Waals surface area (Å²) in [6.07, 6.45) is 0.972. The zero-order chi connectivity index (χ0) is 15.7. The van der Waals surface area contributed by atoms with Gasteiger partial charge in [0.25, 0.3) is 0 Å². The highest BCUT2D eigenvalue weighted by Crippen LogP contribution is 2.30. The van der Waals surface area contributed by atoms with Crippen LogP contribution in [0.3, 0.4) is 0 Å². The maximum absolute atomic E-state index is 9.69. The van der Waals surface area contributed by atoms with Crippen LogP contribution in [0.5, 0.6) is 11.5 Å². The summed E-state index contributed by atoms with van der Waals surface area (Å²) >= 11 is 0. The Hall–Kier alpha value is -1.30. The summed E-state index contributed by atoms with van der Waals surface area (Å²) in [5, 5.41) is 9.69. The first-order chi connectivity index (χ1) is 10.1. The number of benzene rings is 1. The summed E-state index contributed by atoms with van der Waals surface area (Å²) in [6, 6.07) is 5.70. The Labute approximate surface area is 127 Å². The van der Waals surface area contributed by atoms with Crippen LogP contribution in [0.1, 0.15) is 24.9 Å². The molecule has 5 heteroatoms. The fraction of sp³-hybridized carbons (Fsp3) is 0.625. The summed E-state index contributed by atoms with van der Waals surface area (Å²) in [4.78, 5) is 2.34. The minimum atomic E-state index is 0.163. The molecule has 1 aromatic rings. The Morgan fingerprint density at radius 3 is 2.43 bits per heavy atom. The van der Waals surface area contributed by atoms with Gasteiger partial charge in [-0.05, 0) is 31.0 Å². The van der Waals surface area contributed by atoms with Gasteiger partial charge in [0.15, 0.2) is 11.5 Å². The van der Waals surface area contributed by atoms with Crippen LogP contribution >= 0.6 is 0 Å². The summed E-state index contributed by atoms with van der Waals surface area (Å²) in [6.45, 7) is 5.36. The Morgan fingerprint density at radius 1 is 1.10 bits per heavy atom. The molecule has 1 unspecified atom stereocenters. The lowest BCUT2D eigenvalue weighted by Crippen LogP contribution is -2.32. The van der Waals surface area contributed by atoms with E-state index in [0.29, 0.717) is 12.4 Å². The molecular weight excluding hydrogens is 270 g/mol. The van der Waals surface area contributed by atoms with Crippen molar-refractivity contribution in [1.29, 1.82) is 0 Å². The van der Waals surface area contributed by atoms with Crippen LogP contribution in [0.4, 0.5) is 0 Å². The van der Waals surface area contributed by atoms with Gasteiger partial charge in [-0.15, -0.1) is 0 Å². The van der Waals surface area contributed by atoms with Crippen molar-refractivity contribution >= 4 is 0 Å². The molecule has 0 aromatic heterocycles. The number of nitrogens with zero attached hydrogens (tertiary/aromatic N) is 1.